The number of aromatic nitrogens is 2. The fourth-order valence-corrected chi connectivity index (χ4v) is 2.51. The quantitative estimate of drug-likeness (QED) is 0.750. The number of hydrogen-bond donors (Lipinski definition) is 2. The second kappa shape index (κ2) is 8.64. The molecule has 0 saturated heterocycles. The molecule has 0 radical (unpaired) electrons. The summed E-state index contributed by atoms with van der Waals surface area (Å²) in [6.45, 7) is 3.91. The number of carbonyl (C=O) groups excluding carboxylic acids is 1. The number of anilines is 1. The number of carboxylic acids is 1. The van der Waals surface area contributed by atoms with Crippen molar-refractivity contribution in [2.75, 3.05) is 18.4 Å². The van der Waals surface area contributed by atoms with Crippen LogP contribution in [0.15, 0.2) is 36.5 Å². The van der Waals surface area contributed by atoms with Gasteiger partial charge < -0.3 is 10.4 Å². The van der Waals surface area contributed by atoms with Gasteiger partial charge in [-0.05, 0) is 25.5 Å². The summed E-state index contributed by atoms with van der Waals surface area (Å²) < 4.78 is 1.63. The SMILES string of the molecule is CC(C)N(CC(=O)O)CC(=O)Nc1ccnn1Cc1ccccc1Cl. The minimum Gasteiger partial charge on any atom is -0.480 e. The number of aliphatic carboxylic acids is 1. The van der Waals surface area contributed by atoms with E-state index in [0.29, 0.717) is 17.4 Å². The van der Waals surface area contributed by atoms with Gasteiger partial charge in [-0.1, -0.05) is 29.8 Å². The summed E-state index contributed by atoms with van der Waals surface area (Å²) in [5, 5.41) is 16.5. The maximum atomic E-state index is 12.3. The number of nitrogens with one attached hydrogen (secondary N) is 1. The van der Waals surface area contributed by atoms with Crippen molar-refractivity contribution in [1.82, 2.24) is 14.7 Å². The lowest BCUT2D eigenvalue weighted by molar-refractivity contribution is -0.139. The summed E-state index contributed by atoms with van der Waals surface area (Å²) in [5.41, 5.74) is 0.887. The van der Waals surface area contributed by atoms with Gasteiger partial charge >= 0.3 is 5.97 Å². The largest absolute Gasteiger partial charge is 0.480 e. The average molecular weight is 365 g/mol. The van der Waals surface area contributed by atoms with E-state index in [9.17, 15) is 9.59 Å². The third kappa shape index (κ3) is 5.58. The van der Waals surface area contributed by atoms with Gasteiger partial charge in [0.05, 0.1) is 25.8 Å². The number of halogens is 1. The number of carboxylic acid groups (broad SMARTS) is 1. The van der Waals surface area contributed by atoms with Crippen LogP contribution in [0, 0.1) is 0 Å². The second-order valence-corrected chi connectivity index (χ2v) is 6.31. The molecule has 1 aromatic heterocycles. The predicted octanol–water partition coefficient (Wildman–Crippen LogP) is 2.32. The predicted molar refractivity (Wildman–Crippen MR) is 95.8 cm³/mol. The molecule has 25 heavy (non-hydrogen) atoms. The molecule has 8 heteroatoms. The second-order valence-electron chi connectivity index (χ2n) is 5.91. The molecule has 1 amide bonds. The van der Waals surface area contributed by atoms with Gasteiger partial charge in [-0.15, -0.1) is 0 Å². The Kier molecular flexibility index (Phi) is 6.55. The van der Waals surface area contributed by atoms with Gasteiger partial charge in [0, 0.05) is 17.1 Å². The average Bonchev–Trinajstić information content (AvgIpc) is 2.95. The number of benzene rings is 1. The standard InChI is InChI=1S/C17H21ClN4O3/c1-12(2)21(11-17(24)25)10-16(23)20-15-7-8-19-22(15)9-13-5-3-4-6-14(13)18/h3-8,12H,9-11H2,1-2H3,(H,20,23)(H,24,25). The molecule has 2 rings (SSSR count). The minimum absolute atomic E-state index is 0.0127. The summed E-state index contributed by atoms with van der Waals surface area (Å²) in [6, 6.07) is 9.05. The minimum atomic E-state index is -0.967. The van der Waals surface area contributed by atoms with Gasteiger partial charge in [-0.3, -0.25) is 14.5 Å². The fraction of sp³-hybridized carbons (Fsp3) is 0.353. The molecule has 0 fully saturated rings. The van der Waals surface area contributed by atoms with Crippen molar-refractivity contribution in [3.63, 3.8) is 0 Å². The number of amides is 1. The zero-order valence-corrected chi connectivity index (χ0v) is 14.9. The monoisotopic (exact) mass is 364 g/mol. The Morgan fingerprint density at radius 3 is 2.64 bits per heavy atom. The van der Waals surface area contributed by atoms with Gasteiger partial charge in [-0.25, -0.2) is 4.68 Å². The van der Waals surface area contributed by atoms with Crippen LogP contribution >= 0.6 is 11.6 Å². The van der Waals surface area contributed by atoms with Crippen LogP contribution in [0.4, 0.5) is 5.82 Å². The van der Waals surface area contributed by atoms with Gasteiger partial charge in [0.25, 0.3) is 0 Å². The normalized spacial score (nSPS) is 11.1. The zero-order valence-electron chi connectivity index (χ0n) is 14.1. The van der Waals surface area contributed by atoms with E-state index in [1.54, 1.807) is 27.9 Å². The molecule has 134 valence electrons. The van der Waals surface area contributed by atoms with Crippen molar-refractivity contribution in [3.05, 3.63) is 47.1 Å². The van der Waals surface area contributed by atoms with Crippen LogP contribution < -0.4 is 5.32 Å². The van der Waals surface area contributed by atoms with Crippen LogP contribution in [-0.4, -0.2) is 50.8 Å². The van der Waals surface area contributed by atoms with Crippen LogP contribution in [0.2, 0.25) is 5.02 Å². The molecule has 0 atom stereocenters. The van der Waals surface area contributed by atoms with Crippen molar-refractivity contribution in [3.8, 4) is 0 Å². The number of carbonyl (C=O) groups is 2. The van der Waals surface area contributed by atoms with Crippen LogP contribution in [0.3, 0.4) is 0 Å². The first-order chi connectivity index (χ1) is 11.9. The lowest BCUT2D eigenvalue weighted by atomic mass is 10.2. The maximum Gasteiger partial charge on any atom is 0.317 e. The van der Waals surface area contributed by atoms with Crippen LogP contribution in [0.5, 0.6) is 0 Å². The molecule has 1 heterocycles. The summed E-state index contributed by atoms with van der Waals surface area (Å²) >= 11 is 6.16. The third-order valence-corrected chi connectivity index (χ3v) is 4.05. The van der Waals surface area contributed by atoms with Gasteiger partial charge in [-0.2, -0.15) is 5.10 Å². The van der Waals surface area contributed by atoms with Gasteiger partial charge in [0.2, 0.25) is 5.91 Å². The Morgan fingerprint density at radius 1 is 1.28 bits per heavy atom. The highest BCUT2D eigenvalue weighted by Gasteiger charge is 2.18. The molecular weight excluding hydrogens is 344 g/mol. The third-order valence-electron chi connectivity index (χ3n) is 3.68. The maximum absolute atomic E-state index is 12.3. The van der Waals surface area contributed by atoms with Crippen LogP contribution in [0.1, 0.15) is 19.4 Å². The van der Waals surface area contributed by atoms with Crippen LogP contribution in [0.25, 0.3) is 0 Å². The number of rotatable bonds is 8. The Hall–Kier alpha value is -2.38. The molecule has 1 aromatic carbocycles. The highest BCUT2D eigenvalue weighted by Crippen LogP contribution is 2.18. The molecule has 7 nitrogen and oxygen atoms in total. The van der Waals surface area contributed by atoms with E-state index in [2.05, 4.69) is 10.4 Å². The topological polar surface area (TPSA) is 87.5 Å². The van der Waals surface area contributed by atoms with Crippen molar-refractivity contribution < 1.29 is 14.7 Å². The van der Waals surface area contributed by atoms with E-state index in [4.69, 9.17) is 16.7 Å². The van der Waals surface area contributed by atoms with E-state index in [-0.39, 0.29) is 25.0 Å². The molecule has 0 aliphatic rings. The van der Waals surface area contributed by atoms with E-state index < -0.39 is 5.97 Å². The number of hydrogen-bond acceptors (Lipinski definition) is 4. The van der Waals surface area contributed by atoms with Crippen molar-refractivity contribution in [2.24, 2.45) is 0 Å². The van der Waals surface area contributed by atoms with Gasteiger partial charge in [0.15, 0.2) is 0 Å². The lowest BCUT2D eigenvalue weighted by Gasteiger charge is -2.23. The van der Waals surface area contributed by atoms with E-state index >= 15 is 0 Å². The molecule has 2 aromatic rings. The highest BCUT2D eigenvalue weighted by atomic mass is 35.5. The molecule has 0 bridgehead atoms. The van der Waals surface area contributed by atoms with Crippen LogP contribution in [-0.2, 0) is 16.1 Å². The van der Waals surface area contributed by atoms with E-state index in [1.807, 2.05) is 32.0 Å². The highest BCUT2D eigenvalue weighted by molar-refractivity contribution is 6.31. The van der Waals surface area contributed by atoms with Gasteiger partial charge in [0.1, 0.15) is 5.82 Å². The Bertz CT molecular complexity index is 745. The molecule has 0 aliphatic heterocycles. The first-order valence-electron chi connectivity index (χ1n) is 7.87. The van der Waals surface area contributed by atoms with Crippen molar-refractivity contribution in [1.29, 1.82) is 0 Å². The Morgan fingerprint density at radius 2 is 2.00 bits per heavy atom. The number of nitrogens with zero attached hydrogens (tertiary/aromatic N) is 3. The molecular formula is C17H21ClN4O3. The summed E-state index contributed by atoms with van der Waals surface area (Å²) in [7, 11) is 0. The van der Waals surface area contributed by atoms with E-state index in [1.165, 1.54) is 0 Å². The summed E-state index contributed by atoms with van der Waals surface area (Å²) in [4.78, 5) is 24.7. The first kappa shape index (κ1) is 19.0. The smallest absolute Gasteiger partial charge is 0.317 e. The Balaban J connectivity index is 2.03. The Labute approximate surface area is 151 Å². The molecule has 0 unspecified atom stereocenters. The summed E-state index contributed by atoms with van der Waals surface area (Å²) in [5.74, 6) is -0.731. The van der Waals surface area contributed by atoms with Crippen molar-refractivity contribution >= 4 is 29.3 Å². The molecule has 0 aliphatic carbocycles. The van der Waals surface area contributed by atoms with Crippen molar-refractivity contribution in [2.45, 2.75) is 26.4 Å². The summed E-state index contributed by atoms with van der Waals surface area (Å²) in [6.07, 6.45) is 1.59. The van der Waals surface area contributed by atoms with E-state index in [0.717, 1.165) is 5.56 Å². The lowest BCUT2D eigenvalue weighted by Crippen LogP contribution is -2.41. The molecule has 0 spiro atoms. The zero-order chi connectivity index (χ0) is 18.4. The first-order valence-corrected chi connectivity index (χ1v) is 8.25. The molecule has 2 N–H and O–H groups in total. The fourth-order valence-electron chi connectivity index (χ4n) is 2.31. The molecule has 0 saturated carbocycles.